The van der Waals surface area contributed by atoms with Crippen molar-refractivity contribution in [3.8, 4) is 0 Å². The minimum absolute atomic E-state index is 0.247. The van der Waals surface area contributed by atoms with Crippen LogP contribution in [0.15, 0.2) is 12.2 Å². The monoisotopic (exact) mass is 171 g/mol. The molecule has 72 valence electrons. The molecular weight excluding hydrogens is 150 g/mol. The van der Waals surface area contributed by atoms with Crippen LogP contribution >= 0.6 is 0 Å². The van der Waals surface area contributed by atoms with Crippen LogP contribution in [0.3, 0.4) is 0 Å². The molecule has 0 amide bonds. The Labute approximate surface area is 75.8 Å². The zero-order valence-electron chi connectivity index (χ0n) is 8.47. The van der Waals surface area contributed by atoms with Crippen molar-refractivity contribution in [1.82, 2.24) is 0 Å². The Hall–Kier alpha value is -0.340. The highest BCUT2D eigenvalue weighted by Crippen LogP contribution is 2.08. The minimum atomic E-state index is 0.247. The van der Waals surface area contributed by atoms with Crippen LogP contribution < -0.4 is 5.73 Å². The third-order valence-electron chi connectivity index (χ3n) is 1.98. The highest BCUT2D eigenvalue weighted by Gasteiger charge is 2.07. The van der Waals surface area contributed by atoms with Gasteiger partial charge in [0.25, 0.3) is 0 Å². The van der Waals surface area contributed by atoms with E-state index in [0.717, 1.165) is 19.3 Å². The van der Waals surface area contributed by atoms with E-state index in [9.17, 15) is 0 Å². The molecule has 2 heteroatoms. The first kappa shape index (κ1) is 11.7. The molecule has 2 unspecified atom stereocenters. The van der Waals surface area contributed by atoms with Gasteiger partial charge in [0.05, 0.1) is 6.10 Å². The second-order valence-electron chi connectivity index (χ2n) is 3.54. The maximum atomic E-state index is 5.88. The first-order chi connectivity index (χ1) is 5.56. The van der Waals surface area contributed by atoms with Crippen molar-refractivity contribution >= 4 is 0 Å². The van der Waals surface area contributed by atoms with Gasteiger partial charge in [0.2, 0.25) is 0 Å². The third kappa shape index (κ3) is 6.38. The molecule has 0 aliphatic carbocycles. The third-order valence-corrected chi connectivity index (χ3v) is 1.98. The summed E-state index contributed by atoms with van der Waals surface area (Å²) in [6.45, 7) is 7.92. The first-order valence-electron chi connectivity index (χ1n) is 4.49. The molecule has 0 heterocycles. The SMILES string of the molecule is C=C(C)CCC(N)CC(C)OC. The summed E-state index contributed by atoms with van der Waals surface area (Å²) in [5.74, 6) is 0. The highest BCUT2D eigenvalue weighted by molar-refractivity contribution is 4.88. The van der Waals surface area contributed by atoms with Crippen LogP contribution in [-0.2, 0) is 4.74 Å². The van der Waals surface area contributed by atoms with Crippen molar-refractivity contribution in [1.29, 1.82) is 0 Å². The first-order valence-corrected chi connectivity index (χ1v) is 4.49. The molecule has 2 atom stereocenters. The van der Waals surface area contributed by atoms with E-state index >= 15 is 0 Å². The number of methoxy groups -OCH3 is 1. The molecule has 0 fully saturated rings. The minimum Gasteiger partial charge on any atom is -0.382 e. The summed E-state index contributed by atoms with van der Waals surface area (Å²) in [5.41, 5.74) is 7.08. The lowest BCUT2D eigenvalue weighted by molar-refractivity contribution is 0.104. The topological polar surface area (TPSA) is 35.2 Å². The Morgan fingerprint density at radius 3 is 2.58 bits per heavy atom. The quantitative estimate of drug-likeness (QED) is 0.621. The molecule has 0 aliphatic heterocycles. The van der Waals surface area contributed by atoms with Gasteiger partial charge in [-0.15, -0.1) is 6.58 Å². The fourth-order valence-electron chi connectivity index (χ4n) is 1.07. The number of nitrogens with two attached hydrogens (primary N) is 1. The Bertz CT molecular complexity index is 134. The molecule has 0 bridgehead atoms. The van der Waals surface area contributed by atoms with Crippen LogP contribution in [0.1, 0.15) is 33.1 Å². The Kier molecular flexibility index (Phi) is 6.03. The Balaban J connectivity index is 3.45. The molecule has 12 heavy (non-hydrogen) atoms. The summed E-state index contributed by atoms with van der Waals surface area (Å²) in [6, 6.07) is 0.247. The van der Waals surface area contributed by atoms with Gasteiger partial charge in [0.1, 0.15) is 0 Å². The average Bonchev–Trinajstić information content (AvgIpc) is 2.00. The fraction of sp³-hybridized carbons (Fsp3) is 0.800. The molecule has 0 rings (SSSR count). The maximum absolute atomic E-state index is 5.88. The van der Waals surface area contributed by atoms with E-state index in [1.54, 1.807) is 7.11 Å². The van der Waals surface area contributed by atoms with Crippen LogP contribution in [0.4, 0.5) is 0 Å². The van der Waals surface area contributed by atoms with Crippen molar-refractivity contribution in [2.45, 2.75) is 45.3 Å². The Morgan fingerprint density at radius 2 is 2.17 bits per heavy atom. The van der Waals surface area contributed by atoms with Crippen LogP contribution in [0, 0.1) is 0 Å². The Morgan fingerprint density at radius 1 is 1.58 bits per heavy atom. The van der Waals surface area contributed by atoms with Gasteiger partial charge in [-0.25, -0.2) is 0 Å². The second-order valence-corrected chi connectivity index (χ2v) is 3.54. The number of hydrogen-bond donors (Lipinski definition) is 1. The van der Waals surface area contributed by atoms with E-state index in [2.05, 4.69) is 6.58 Å². The summed E-state index contributed by atoms with van der Waals surface area (Å²) in [7, 11) is 1.72. The smallest absolute Gasteiger partial charge is 0.0558 e. The molecule has 0 aliphatic rings. The van der Waals surface area contributed by atoms with Crippen molar-refractivity contribution < 1.29 is 4.74 Å². The summed E-state index contributed by atoms with van der Waals surface area (Å²) in [6.07, 6.45) is 3.25. The highest BCUT2D eigenvalue weighted by atomic mass is 16.5. The molecule has 2 N–H and O–H groups in total. The summed E-state index contributed by atoms with van der Waals surface area (Å²) in [4.78, 5) is 0. The number of hydrogen-bond acceptors (Lipinski definition) is 2. The lowest BCUT2D eigenvalue weighted by atomic mass is 10.0. The van der Waals surface area contributed by atoms with Gasteiger partial charge in [-0.3, -0.25) is 0 Å². The van der Waals surface area contributed by atoms with Gasteiger partial charge < -0.3 is 10.5 Å². The van der Waals surface area contributed by atoms with E-state index in [1.807, 2.05) is 13.8 Å². The van der Waals surface area contributed by atoms with E-state index in [4.69, 9.17) is 10.5 Å². The number of rotatable bonds is 6. The fourth-order valence-corrected chi connectivity index (χ4v) is 1.07. The van der Waals surface area contributed by atoms with Crippen molar-refractivity contribution in [3.05, 3.63) is 12.2 Å². The summed E-state index contributed by atoms with van der Waals surface area (Å²) < 4.78 is 5.13. The van der Waals surface area contributed by atoms with E-state index in [0.29, 0.717) is 0 Å². The van der Waals surface area contributed by atoms with Gasteiger partial charge in [-0.2, -0.15) is 0 Å². The van der Waals surface area contributed by atoms with Gasteiger partial charge in [0.15, 0.2) is 0 Å². The predicted octanol–water partition coefficient (Wildman–Crippen LogP) is 2.10. The largest absolute Gasteiger partial charge is 0.382 e. The normalized spacial score (nSPS) is 15.7. The molecule has 0 aromatic carbocycles. The van der Waals surface area contributed by atoms with Crippen molar-refractivity contribution in [2.24, 2.45) is 5.73 Å². The van der Waals surface area contributed by atoms with Gasteiger partial charge in [0, 0.05) is 13.2 Å². The summed E-state index contributed by atoms with van der Waals surface area (Å²) in [5, 5.41) is 0. The van der Waals surface area contributed by atoms with Crippen molar-refractivity contribution in [3.63, 3.8) is 0 Å². The zero-order chi connectivity index (χ0) is 9.56. The maximum Gasteiger partial charge on any atom is 0.0558 e. The average molecular weight is 171 g/mol. The zero-order valence-corrected chi connectivity index (χ0v) is 8.47. The van der Waals surface area contributed by atoms with Gasteiger partial charge >= 0.3 is 0 Å². The van der Waals surface area contributed by atoms with E-state index in [1.165, 1.54) is 5.57 Å². The second kappa shape index (κ2) is 6.21. The molecule has 2 nitrogen and oxygen atoms in total. The molecular formula is C10H21NO. The van der Waals surface area contributed by atoms with Gasteiger partial charge in [-0.1, -0.05) is 5.57 Å². The molecule has 0 aromatic heterocycles. The molecule has 0 radical (unpaired) electrons. The standard InChI is InChI=1S/C10H21NO/c1-8(2)5-6-10(11)7-9(3)12-4/h9-10H,1,5-7,11H2,2-4H3. The lowest BCUT2D eigenvalue weighted by Crippen LogP contribution is -2.25. The lowest BCUT2D eigenvalue weighted by Gasteiger charge is -2.15. The van der Waals surface area contributed by atoms with Gasteiger partial charge in [-0.05, 0) is 33.1 Å². The number of allylic oxidation sites excluding steroid dienone is 1. The molecule has 0 spiro atoms. The predicted molar refractivity (Wildman–Crippen MR) is 53.1 cm³/mol. The molecule has 0 saturated heterocycles. The number of ether oxygens (including phenoxy) is 1. The summed E-state index contributed by atoms with van der Waals surface area (Å²) >= 11 is 0. The molecule has 0 aromatic rings. The van der Waals surface area contributed by atoms with Crippen LogP contribution in [0.5, 0.6) is 0 Å². The van der Waals surface area contributed by atoms with Crippen LogP contribution in [0.2, 0.25) is 0 Å². The van der Waals surface area contributed by atoms with E-state index < -0.39 is 0 Å². The van der Waals surface area contributed by atoms with Crippen LogP contribution in [-0.4, -0.2) is 19.3 Å². The van der Waals surface area contributed by atoms with E-state index in [-0.39, 0.29) is 12.1 Å². The van der Waals surface area contributed by atoms with Crippen LogP contribution in [0.25, 0.3) is 0 Å². The molecule has 0 saturated carbocycles. The van der Waals surface area contributed by atoms with Crippen molar-refractivity contribution in [2.75, 3.05) is 7.11 Å².